The van der Waals surface area contributed by atoms with Gasteiger partial charge in [-0.3, -0.25) is 4.79 Å². The van der Waals surface area contributed by atoms with E-state index in [1.807, 2.05) is 55.5 Å². The summed E-state index contributed by atoms with van der Waals surface area (Å²) in [5.74, 6) is 0.839. The van der Waals surface area contributed by atoms with Crippen LogP contribution in [-0.2, 0) is 27.8 Å². The van der Waals surface area contributed by atoms with Gasteiger partial charge in [-0.2, -0.15) is 4.72 Å². The van der Waals surface area contributed by atoms with Crippen LogP contribution >= 0.6 is 0 Å². The number of aryl methyl sites for hydroxylation is 1. The molecule has 0 unspecified atom stereocenters. The maximum Gasteiger partial charge on any atom is 0.241 e. The average molecular weight is 483 g/mol. The first-order chi connectivity index (χ1) is 16.3. The predicted octanol–water partition coefficient (Wildman–Crippen LogP) is 3.61. The van der Waals surface area contributed by atoms with E-state index in [0.717, 1.165) is 11.1 Å². The van der Waals surface area contributed by atoms with E-state index in [9.17, 15) is 13.2 Å². The fraction of sp³-hybridized carbons (Fsp3) is 0.269. The molecule has 0 heterocycles. The summed E-state index contributed by atoms with van der Waals surface area (Å²) in [6.45, 7) is 4.34. The lowest BCUT2D eigenvalue weighted by Gasteiger charge is -2.20. The molecule has 1 amide bonds. The van der Waals surface area contributed by atoms with E-state index in [1.54, 1.807) is 32.2 Å². The van der Waals surface area contributed by atoms with Crippen molar-refractivity contribution in [3.05, 3.63) is 89.5 Å². The van der Waals surface area contributed by atoms with Gasteiger partial charge in [0, 0.05) is 12.1 Å². The van der Waals surface area contributed by atoms with E-state index in [1.165, 1.54) is 6.07 Å². The molecule has 0 saturated carbocycles. The number of nitrogens with one attached hydrogen (secondary N) is 2. The zero-order valence-corrected chi connectivity index (χ0v) is 20.4. The Kier molecular flexibility index (Phi) is 8.67. The lowest BCUT2D eigenvalue weighted by molar-refractivity contribution is -0.122. The lowest BCUT2D eigenvalue weighted by atomic mass is 10.1. The number of carbonyl (C=O) groups excluding carboxylic acids is 1. The summed E-state index contributed by atoms with van der Waals surface area (Å²) in [4.78, 5) is 13.2. The third-order valence-electron chi connectivity index (χ3n) is 5.30. The van der Waals surface area contributed by atoms with Gasteiger partial charge in [0.1, 0.15) is 17.5 Å². The van der Waals surface area contributed by atoms with Gasteiger partial charge in [-0.15, -0.1) is 0 Å². The molecule has 0 aliphatic carbocycles. The summed E-state index contributed by atoms with van der Waals surface area (Å²) < 4.78 is 39.8. The highest BCUT2D eigenvalue weighted by atomic mass is 32.2. The lowest BCUT2D eigenvalue weighted by Crippen LogP contribution is -2.47. The zero-order valence-electron chi connectivity index (χ0n) is 19.6. The van der Waals surface area contributed by atoms with Crippen molar-refractivity contribution >= 4 is 15.9 Å². The van der Waals surface area contributed by atoms with Crippen molar-refractivity contribution in [2.75, 3.05) is 13.7 Å². The van der Waals surface area contributed by atoms with Gasteiger partial charge in [0.2, 0.25) is 15.9 Å². The minimum Gasteiger partial charge on any atom is -0.496 e. The SMILES string of the molecule is CCOc1ccc(S(=O)(=O)N[C@@H](Cc2ccccc2)C(=O)NCc2ccccc2OC)cc1C. The number of carbonyl (C=O) groups is 1. The molecule has 180 valence electrons. The third kappa shape index (κ3) is 6.59. The quantitative estimate of drug-likeness (QED) is 0.436. The molecule has 3 rings (SSSR count). The van der Waals surface area contributed by atoms with Gasteiger partial charge >= 0.3 is 0 Å². The first-order valence-corrected chi connectivity index (χ1v) is 12.5. The van der Waals surface area contributed by atoms with E-state index in [0.29, 0.717) is 23.7 Å². The Balaban J connectivity index is 1.82. The minimum absolute atomic E-state index is 0.0732. The fourth-order valence-electron chi connectivity index (χ4n) is 3.55. The molecule has 0 spiro atoms. The topological polar surface area (TPSA) is 93.7 Å². The highest BCUT2D eigenvalue weighted by Gasteiger charge is 2.26. The maximum absolute atomic E-state index is 13.2. The summed E-state index contributed by atoms with van der Waals surface area (Å²) in [6.07, 6.45) is 0.202. The van der Waals surface area contributed by atoms with Crippen LogP contribution in [0.2, 0.25) is 0 Å². The Bertz CT molecular complexity index is 1210. The van der Waals surface area contributed by atoms with Crippen molar-refractivity contribution < 1.29 is 22.7 Å². The normalized spacial score (nSPS) is 12.1. The summed E-state index contributed by atoms with van der Waals surface area (Å²) in [7, 11) is -2.40. The van der Waals surface area contributed by atoms with Crippen molar-refractivity contribution in [1.82, 2.24) is 10.0 Å². The van der Waals surface area contributed by atoms with Gasteiger partial charge in [-0.25, -0.2) is 8.42 Å². The van der Waals surface area contributed by atoms with Crippen LogP contribution in [0.5, 0.6) is 11.5 Å². The number of sulfonamides is 1. The largest absolute Gasteiger partial charge is 0.496 e. The number of para-hydroxylation sites is 1. The van der Waals surface area contributed by atoms with Crippen LogP contribution in [0.4, 0.5) is 0 Å². The van der Waals surface area contributed by atoms with Crippen molar-refractivity contribution in [3.63, 3.8) is 0 Å². The van der Waals surface area contributed by atoms with E-state index in [-0.39, 0.29) is 17.9 Å². The van der Waals surface area contributed by atoms with Gasteiger partial charge in [-0.05, 0) is 55.7 Å². The summed E-state index contributed by atoms with van der Waals surface area (Å²) >= 11 is 0. The second-order valence-electron chi connectivity index (χ2n) is 7.75. The molecule has 1 atom stereocenters. The number of hydrogen-bond donors (Lipinski definition) is 2. The molecule has 0 radical (unpaired) electrons. The minimum atomic E-state index is -3.97. The Morgan fingerprint density at radius 1 is 0.971 bits per heavy atom. The Morgan fingerprint density at radius 2 is 1.68 bits per heavy atom. The maximum atomic E-state index is 13.2. The summed E-state index contributed by atoms with van der Waals surface area (Å²) in [6, 6.07) is 20.3. The van der Waals surface area contributed by atoms with Crippen LogP contribution in [0.15, 0.2) is 77.7 Å². The molecule has 7 nitrogen and oxygen atoms in total. The van der Waals surface area contributed by atoms with Crippen LogP contribution in [0.25, 0.3) is 0 Å². The molecule has 2 N–H and O–H groups in total. The molecule has 0 saturated heterocycles. The molecule has 0 bridgehead atoms. The first kappa shape index (κ1) is 25.3. The van der Waals surface area contributed by atoms with Gasteiger partial charge in [0.25, 0.3) is 0 Å². The van der Waals surface area contributed by atoms with Crippen molar-refractivity contribution in [3.8, 4) is 11.5 Å². The van der Waals surface area contributed by atoms with Crippen molar-refractivity contribution in [2.24, 2.45) is 0 Å². The van der Waals surface area contributed by atoms with Crippen LogP contribution in [0.3, 0.4) is 0 Å². The number of hydrogen-bond acceptors (Lipinski definition) is 5. The molecule has 0 aliphatic heterocycles. The van der Waals surface area contributed by atoms with E-state index < -0.39 is 22.0 Å². The summed E-state index contributed by atoms with van der Waals surface area (Å²) in [5, 5.41) is 2.84. The number of rotatable bonds is 11. The molecule has 3 aromatic carbocycles. The molecule has 0 fully saturated rings. The van der Waals surface area contributed by atoms with E-state index in [2.05, 4.69) is 10.0 Å². The monoisotopic (exact) mass is 482 g/mol. The molecular formula is C26H30N2O5S. The van der Waals surface area contributed by atoms with Gasteiger partial charge in [0.05, 0.1) is 18.6 Å². The van der Waals surface area contributed by atoms with Gasteiger partial charge in [-0.1, -0.05) is 48.5 Å². The second-order valence-corrected chi connectivity index (χ2v) is 9.47. The van der Waals surface area contributed by atoms with Crippen LogP contribution < -0.4 is 19.5 Å². The number of methoxy groups -OCH3 is 1. The Morgan fingerprint density at radius 3 is 2.35 bits per heavy atom. The average Bonchev–Trinajstić information content (AvgIpc) is 2.84. The standard InChI is InChI=1S/C26H30N2O5S/c1-4-33-24-15-14-22(16-19(24)2)34(30,31)28-23(17-20-10-6-5-7-11-20)26(29)27-18-21-12-8-9-13-25(21)32-3/h5-16,23,28H,4,17-18H2,1-3H3,(H,27,29)/t23-/m0/s1. The Labute approximate surface area is 201 Å². The molecule has 8 heteroatoms. The van der Waals surface area contributed by atoms with Crippen molar-refractivity contribution in [2.45, 2.75) is 37.8 Å². The smallest absolute Gasteiger partial charge is 0.241 e. The molecule has 34 heavy (non-hydrogen) atoms. The van der Waals surface area contributed by atoms with Crippen molar-refractivity contribution in [1.29, 1.82) is 0 Å². The second kappa shape index (κ2) is 11.7. The first-order valence-electron chi connectivity index (χ1n) is 11.0. The van der Waals surface area contributed by atoms with Crippen LogP contribution in [-0.4, -0.2) is 34.1 Å². The van der Waals surface area contributed by atoms with E-state index >= 15 is 0 Å². The molecular weight excluding hydrogens is 452 g/mol. The summed E-state index contributed by atoms with van der Waals surface area (Å²) in [5.41, 5.74) is 2.33. The molecule has 3 aromatic rings. The zero-order chi connectivity index (χ0) is 24.6. The van der Waals surface area contributed by atoms with Gasteiger partial charge in [0.15, 0.2) is 0 Å². The van der Waals surface area contributed by atoms with Crippen LogP contribution in [0.1, 0.15) is 23.6 Å². The highest BCUT2D eigenvalue weighted by Crippen LogP contribution is 2.22. The molecule has 0 aromatic heterocycles. The number of benzene rings is 3. The predicted molar refractivity (Wildman–Crippen MR) is 131 cm³/mol. The number of amides is 1. The van der Waals surface area contributed by atoms with E-state index in [4.69, 9.17) is 9.47 Å². The number of ether oxygens (including phenoxy) is 2. The van der Waals surface area contributed by atoms with Gasteiger partial charge < -0.3 is 14.8 Å². The van der Waals surface area contributed by atoms with Crippen LogP contribution in [0, 0.1) is 6.92 Å². The highest BCUT2D eigenvalue weighted by molar-refractivity contribution is 7.89. The molecule has 0 aliphatic rings. The third-order valence-corrected chi connectivity index (χ3v) is 6.77. The fourth-order valence-corrected chi connectivity index (χ4v) is 4.83. The Hall–Kier alpha value is -3.36.